The van der Waals surface area contributed by atoms with E-state index in [1.54, 1.807) is 6.08 Å². The van der Waals surface area contributed by atoms with Crippen molar-refractivity contribution in [1.29, 1.82) is 0 Å². The van der Waals surface area contributed by atoms with E-state index in [0.717, 1.165) is 18.4 Å². The van der Waals surface area contributed by atoms with E-state index in [9.17, 15) is 13.2 Å². The Morgan fingerprint density at radius 2 is 1.64 bits per heavy atom. The number of benzene rings is 1. The number of hydrogen-bond donors (Lipinski definition) is 1. The molecule has 1 saturated carbocycles. The third-order valence-electron chi connectivity index (χ3n) is 5.51. The normalized spacial score (nSPS) is 20.9. The SMILES string of the molecule is O=C(CN1CCN(S(=O)(=O)/C=C/c2ccccc2)CC1)NC1CCCCCC1. The first-order valence-corrected chi connectivity index (χ1v) is 11.8. The quantitative estimate of drug-likeness (QED) is 0.738. The Kier molecular flexibility index (Phi) is 7.65. The largest absolute Gasteiger partial charge is 0.352 e. The van der Waals surface area contributed by atoms with E-state index in [1.165, 1.54) is 35.4 Å². The van der Waals surface area contributed by atoms with Gasteiger partial charge in [0.05, 0.1) is 6.54 Å². The fraction of sp³-hybridized carbons (Fsp3) is 0.571. The lowest BCUT2D eigenvalue weighted by molar-refractivity contribution is -0.123. The summed E-state index contributed by atoms with van der Waals surface area (Å²) >= 11 is 0. The van der Waals surface area contributed by atoms with Gasteiger partial charge in [-0.05, 0) is 24.5 Å². The van der Waals surface area contributed by atoms with Gasteiger partial charge in [-0.1, -0.05) is 56.0 Å². The minimum absolute atomic E-state index is 0.0622. The van der Waals surface area contributed by atoms with Gasteiger partial charge >= 0.3 is 0 Å². The van der Waals surface area contributed by atoms with Crippen molar-refractivity contribution in [2.75, 3.05) is 32.7 Å². The van der Waals surface area contributed by atoms with Crippen LogP contribution in [0.2, 0.25) is 0 Å². The van der Waals surface area contributed by atoms with Crippen molar-refractivity contribution in [3.05, 3.63) is 41.3 Å². The molecule has 1 aromatic rings. The van der Waals surface area contributed by atoms with Gasteiger partial charge in [-0.25, -0.2) is 8.42 Å². The van der Waals surface area contributed by atoms with E-state index in [4.69, 9.17) is 0 Å². The van der Waals surface area contributed by atoms with Crippen molar-refractivity contribution in [2.45, 2.75) is 44.6 Å². The molecule has 1 aliphatic carbocycles. The van der Waals surface area contributed by atoms with Gasteiger partial charge in [-0.2, -0.15) is 4.31 Å². The lowest BCUT2D eigenvalue weighted by Gasteiger charge is -2.33. The van der Waals surface area contributed by atoms with E-state index < -0.39 is 10.0 Å². The number of carbonyl (C=O) groups excluding carboxylic acids is 1. The highest BCUT2D eigenvalue weighted by Crippen LogP contribution is 2.17. The van der Waals surface area contributed by atoms with Crippen molar-refractivity contribution < 1.29 is 13.2 Å². The van der Waals surface area contributed by atoms with E-state index in [0.29, 0.717) is 38.8 Å². The molecular weight excluding hydrogens is 374 g/mol. The maximum absolute atomic E-state index is 12.5. The molecule has 0 atom stereocenters. The van der Waals surface area contributed by atoms with Gasteiger partial charge in [0.25, 0.3) is 0 Å². The summed E-state index contributed by atoms with van der Waals surface area (Å²) in [7, 11) is -3.43. The molecule has 3 rings (SSSR count). The van der Waals surface area contributed by atoms with Crippen LogP contribution in [-0.4, -0.2) is 62.3 Å². The summed E-state index contributed by atoms with van der Waals surface area (Å²) in [5.74, 6) is 0.0622. The Labute approximate surface area is 168 Å². The number of sulfonamides is 1. The lowest BCUT2D eigenvalue weighted by atomic mass is 10.1. The summed E-state index contributed by atoms with van der Waals surface area (Å²) in [6.07, 6.45) is 8.69. The van der Waals surface area contributed by atoms with Crippen LogP contribution in [0, 0.1) is 0 Å². The number of amides is 1. The van der Waals surface area contributed by atoms with Crippen LogP contribution >= 0.6 is 0 Å². The van der Waals surface area contributed by atoms with Crippen LogP contribution in [0.4, 0.5) is 0 Å². The Morgan fingerprint density at radius 3 is 2.29 bits per heavy atom. The first-order valence-electron chi connectivity index (χ1n) is 10.3. The van der Waals surface area contributed by atoms with Crippen molar-refractivity contribution in [3.63, 3.8) is 0 Å². The molecule has 2 fully saturated rings. The van der Waals surface area contributed by atoms with Gasteiger partial charge in [0.2, 0.25) is 15.9 Å². The molecule has 0 unspecified atom stereocenters. The number of rotatable bonds is 6. The highest BCUT2D eigenvalue weighted by Gasteiger charge is 2.26. The van der Waals surface area contributed by atoms with Gasteiger partial charge in [0, 0.05) is 37.6 Å². The molecule has 2 aliphatic rings. The van der Waals surface area contributed by atoms with E-state index in [1.807, 2.05) is 35.2 Å². The van der Waals surface area contributed by atoms with E-state index in [2.05, 4.69) is 5.32 Å². The maximum atomic E-state index is 12.5. The van der Waals surface area contributed by atoms with Gasteiger partial charge in [-0.15, -0.1) is 0 Å². The van der Waals surface area contributed by atoms with Crippen LogP contribution in [0.3, 0.4) is 0 Å². The third-order valence-corrected chi connectivity index (χ3v) is 7.08. The Morgan fingerprint density at radius 1 is 1.00 bits per heavy atom. The minimum Gasteiger partial charge on any atom is -0.352 e. The van der Waals surface area contributed by atoms with Crippen LogP contribution in [-0.2, 0) is 14.8 Å². The summed E-state index contributed by atoms with van der Waals surface area (Å²) in [6, 6.07) is 9.71. The maximum Gasteiger partial charge on any atom is 0.236 e. The number of nitrogens with one attached hydrogen (secondary N) is 1. The van der Waals surface area contributed by atoms with Crippen molar-refractivity contribution in [2.24, 2.45) is 0 Å². The molecular formula is C21H31N3O3S. The zero-order chi connectivity index (χ0) is 19.8. The zero-order valence-electron chi connectivity index (χ0n) is 16.4. The van der Waals surface area contributed by atoms with E-state index >= 15 is 0 Å². The monoisotopic (exact) mass is 405 g/mol. The highest BCUT2D eigenvalue weighted by molar-refractivity contribution is 7.92. The second-order valence-electron chi connectivity index (χ2n) is 7.69. The molecule has 1 N–H and O–H groups in total. The molecule has 0 bridgehead atoms. The molecule has 7 heteroatoms. The van der Waals surface area contributed by atoms with Crippen LogP contribution in [0.25, 0.3) is 6.08 Å². The molecule has 0 aromatic heterocycles. The standard InChI is InChI=1S/C21H31N3O3S/c25-21(22-20-10-6-1-2-7-11-20)18-23-13-15-24(16-14-23)28(26,27)17-12-19-8-4-3-5-9-19/h3-5,8-9,12,17,20H,1-2,6-7,10-11,13-16,18H2,(H,22,25)/b17-12+. The molecule has 154 valence electrons. The van der Waals surface area contributed by atoms with Gasteiger partial charge in [0.15, 0.2) is 0 Å². The number of hydrogen-bond acceptors (Lipinski definition) is 4. The number of piperazine rings is 1. The van der Waals surface area contributed by atoms with Gasteiger partial charge in [0.1, 0.15) is 0 Å². The Hall–Kier alpha value is -1.70. The van der Waals surface area contributed by atoms with Crippen LogP contribution < -0.4 is 5.32 Å². The molecule has 1 amide bonds. The third kappa shape index (κ3) is 6.43. The summed E-state index contributed by atoms with van der Waals surface area (Å²) in [5, 5.41) is 4.44. The average Bonchev–Trinajstić information content (AvgIpc) is 2.96. The Balaban J connectivity index is 1.44. The molecule has 1 aliphatic heterocycles. The zero-order valence-corrected chi connectivity index (χ0v) is 17.2. The first-order chi connectivity index (χ1) is 13.5. The summed E-state index contributed by atoms with van der Waals surface area (Å²) in [6.45, 7) is 2.34. The fourth-order valence-electron chi connectivity index (χ4n) is 3.86. The summed E-state index contributed by atoms with van der Waals surface area (Å²) in [5.41, 5.74) is 0.861. The minimum atomic E-state index is -3.43. The molecule has 1 heterocycles. The first kappa shape index (κ1) is 21.0. The molecule has 1 aromatic carbocycles. The van der Waals surface area contributed by atoms with Crippen molar-refractivity contribution >= 4 is 22.0 Å². The highest BCUT2D eigenvalue weighted by atomic mass is 32.2. The number of carbonyl (C=O) groups is 1. The van der Waals surface area contributed by atoms with Gasteiger partial charge < -0.3 is 5.32 Å². The predicted octanol–water partition coefficient (Wildman–Crippen LogP) is 2.44. The van der Waals surface area contributed by atoms with Crippen molar-refractivity contribution in [1.82, 2.24) is 14.5 Å². The molecule has 0 spiro atoms. The Bertz CT molecular complexity index is 748. The molecule has 6 nitrogen and oxygen atoms in total. The molecule has 0 radical (unpaired) electrons. The van der Waals surface area contributed by atoms with E-state index in [-0.39, 0.29) is 5.91 Å². The second kappa shape index (κ2) is 10.2. The summed E-state index contributed by atoms with van der Waals surface area (Å²) in [4.78, 5) is 14.4. The van der Waals surface area contributed by atoms with Crippen LogP contribution in [0.1, 0.15) is 44.1 Å². The smallest absolute Gasteiger partial charge is 0.236 e. The second-order valence-corrected chi connectivity index (χ2v) is 9.51. The number of nitrogens with zero attached hydrogens (tertiary/aromatic N) is 2. The van der Waals surface area contributed by atoms with Gasteiger partial charge in [-0.3, -0.25) is 9.69 Å². The van der Waals surface area contributed by atoms with Crippen molar-refractivity contribution in [3.8, 4) is 0 Å². The topological polar surface area (TPSA) is 69.7 Å². The van der Waals surface area contributed by atoms with Crippen LogP contribution in [0.15, 0.2) is 35.7 Å². The molecule has 1 saturated heterocycles. The fourth-order valence-corrected chi connectivity index (χ4v) is 5.03. The lowest BCUT2D eigenvalue weighted by Crippen LogP contribution is -2.51. The average molecular weight is 406 g/mol. The van der Waals surface area contributed by atoms with Crippen LogP contribution in [0.5, 0.6) is 0 Å². The summed E-state index contributed by atoms with van der Waals surface area (Å²) < 4.78 is 26.5. The molecule has 28 heavy (non-hydrogen) atoms. The predicted molar refractivity (Wildman–Crippen MR) is 112 cm³/mol.